The fourth-order valence-corrected chi connectivity index (χ4v) is 1.40. The van der Waals surface area contributed by atoms with Crippen molar-refractivity contribution in [1.82, 2.24) is 10.6 Å². The Hall–Kier alpha value is -1.30. The molecule has 0 aromatic heterocycles. The predicted molar refractivity (Wildman–Crippen MR) is 61.3 cm³/mol. The molecule has 6 heteroatoms. The van der Waals surface area contributed by atoms with Crippen LogP contribution in [-0.4, -0.2) is 35.6 Å². The van der Waals surface area contributed by atoms with Crippen LogP contribution in [0.2, 0.25) is 0 Å². The van der Waals surface area contributed by atoms with Crippen molar-refractivity contribution in [2.45, 2.75) is 44.7 Å². The summed E-state index contributed by atoms with van der Waals surface area (Å²) in [6.07, 6.45) is 3.46. The molecule has 0 bridgehead atoms. The zero-order chi connectivity index (χ0) is 12.0. The standard InChI is InChI=1S/C10H20N4O2/c1-2-7(5-9(11)14-16)12-6-10(15)13-8-3-4-8/h7-8,12,16H,2-6H2,1H3,(H2,11,14)(H,13,15). The number of hydrogen-bond acceptors (Lipinski definition) is 4. The molecular weight excluding hydrogens is 208 g/mol. The van der Waals surface area contributed by atoms with Crippen molar-refractivity contribution in [2.24, 2.45) is 10.9 Å². The molecule has 1 saturated carbocycles. The molecular formula is C10H20N4O2. The summed E-state index contributed by atoms with van der Waals surface area (Å²) in [6.45, 7) is 2.27. The fourth-order valence-electron chi connectivity index (χ4n) is 1.40. The maximum absolute atomic E-state index is 11.4. The van der Waals surface area contributed by atoms with E-state index in [1.165, 1.54) is 0 Å². The third-order valence-electron chi connectivity index (χ3n) is 2.57. The molecule has 92 valence electrons. The normalized spacial score (nSPS) is 18.2. The summed E-state index contributed by atoms with van der Waals surface area (Å²) < 4.78 is 0. The lowest BCUT2D eigenvalue weighted by Crippen LogP contribution is -2.41. The average molecular weight is 228 g/mol. The number of oxime groups is 1. The number of nitrogens with zero attached hydrogens (tertiary/aromatic N) is 1. The number of nitrogens with one attached hydrogen (secondary N) is 2. The molecule has 5 N–H and O–H groups in total. The zero-order valence-electron chi connectivity index (χ0n) is 9.57. The van der Waals surface area contributed by atoms with Crippen LogP contribution in [0.5, 0.6) is 0 Å². The van der Waals surface area contributed by atoms with Crippen molar-refractivity contribution < 1.29 is 10.0 Å². The van der Waals surface area contributed by atoms with Crippen LogP contribution in [0.4, 0.5) is 0 Å². The number of carbonyl (C=O) groups is 1. The minimum Gasteiger partial charge on any atom is -0.409 e. The van der Waals surface area contributed by atoms with E-state index in [0.29, 0.717) is 12.5 Å². The van der Waals surface area contributed by atoms with Crippen molar-refractivity contribution in [1.29, 1.82) is 0 Å². The number of nitrogens with two attached hydrogens (primary N) is 1. The lowest BCUT2D eigenvalue weighted by Gasteiger charge is -2.15. The molecule has 1 rings (SSSR count). The Morgan fingerprint density at radius 2 is 2.31 bits per heavy atom. The molecule has 16 heavy (non-hydrogen) atoms. The van der Waals surface area contributed by atoms with E-state index in [1.807, 2.05) is 6.92 Å². The summed E-state index contributed by atoms with van der Waals surface area (Å²) in [5, 5.41) is 17.3. The smallest absolute Gasteiger partial charge is 0.234 e. The predicted octanol–water partition coefficient (Wildman–Crippen LogP) is -0.230. The summed E-state index contributed by atoms with van der Waals surface area (Å²) in [7, 11) is 0. The number of amides is 1. The Labute approximate surface area is 95.3 Å². The van der Waals surface area contributed by atoms with Gasteiger partial charge >= 0.3 is 0 Å². The molecule has 1 unspecified atom stereocenters. The van der Waals surface area contributed by atoms with E-state index in [-0.39, 0.29) is 24.3 Å². The van der Waals surface area contributed by atoms with Crippen LogP contribution in [0.3, 0.4) is 0 Å². The summed E-state index contributed by atoms with van der Waals surface area (Å²) in [5.74, 6) is 0.197. The molecule has 0 saturated heterocycles. The van der Waals surface area contributed by atoms with E-state index in [2.05, 4.69) is 15.8 Å². The molecule has 1 fully saturated rings. The second kappa shape index (κ2) is 6.32. The fraction of sp³-hybridized carbons (Fsp3) is 0.800. The van der Waals surface area contributed by atoms with Crippen LogP contribution in [-0.2, 0) is 4.79 Å². The highest BCUT2D eigenvalue weighted by Gasteiger charge is 2.23. The summed E-state index contributed by atoms with van der Waals surface area (Å²) in [6, 6.07) is 0.458. The van der Waals surface area contributed by atoms with Crippen LogP contribution in [0.25, 0.3) is 0 Å². The van der Waals surface area contributed by atoms with Gasteiger partial charge in [-0.05, 0) is 19.3 Å². The molecule has 0 aliphatic heterocycles. The maximum atomic E-state index is 11.4. The van der Waals surface area contributed by atoms with Gasteiger partial charge in [-0.3, -0.25) is 4.79 Å². The Morgan fingerprint density at radius 3 is 2.81 bits per heavy atom. The third kappa shape index (κ3) is 4.97. The summed E-state index contributed by atoms with van der Waals surface area (Å²) >= 11 is 0. The van der Waals surface area contributed by atoms with Crippen LogP contribution < -0.4 is 16.4 Å². The van der Waals surface area contributed by atoms with Gasteiger partial charge in [0.05, 0.1) is 6.54 Å². The van der Waals surface area contributed by atoms with E-state index >= 15 is 0 Å². The SMILES string of the molecule is CCC(CC(N)=NO)NCC(=O)NC1CC1. The second-order valence-corrected chi connectivity index (χ2v) is 4.12. The zero-order valence-corrected chi connectivity index (χ0v) is 9.57. The number of hydrogen-bond donors (Lipinski definition) is 4. The molecule has 0 aromatic carbocycles. The van der Waals surface area contributed by atoms with Crippen LogP contribution in [0.15, 0.2) is 5.16 Å². The van der Waals surface area contributed by atoms with Gasteiger partial charge in [0.25, 0.3) is 0 Å². The highest BCUT2D eigenvalue weighted by atomic mass is 16.4. The Balaban J connectivity index is 2.18. The first-order valence-electron chi connectivity index (χ1n) is 5.64. The van der Waals surface area contributed by atoms with Crippen LogP contribution in [0, 0.1) is 0 Å². The minimum atomic E-state index is 0.0143. The highest BCUT2D eigenvalue weighted by molar-refractivity contribution is 5.81. The third-order valence-corrected chi connectivity index (χ3v) is 2.57. The number of carbonyl (C=O) groups excluding carboxylic acids is 1. The number of rotatable bonds is 7. The molecule has 0 aromatic rings. The van der Waals surface area contributed by atoms with Crippen molar-refractivity contribution in [2.75, 3.05) is 6.54 Å². The van der Waals surface area contributed by atoms with Crippen LogP contribution >= 0.6 is 0 Å². The van der Waals surface area contributed by atoms with Crippen molar-refractivity contribution in [3.63, 3.8) is 0 Å². The molecule has 1 aliphatic carbocycles. The molecule has 0 heterocycles. The van der Waals surface area contributed by atoms with Crippen molar-refractivity contribution in [3.8, 4) is 0 Å². The first-order valence-corrected chi connectivity index (χ1v) is 5.64. The van der Waals surface area contributed by atoms with E-state index in [9.17, 15) is 4.79 Å². The maximum Gasteiger partial charge on any atom is 0.234 e. The van der Waals surface area contributed by atoms with Gasteiger partial charge in [0.2, 0.25) is 5.91 Å². The molecule has 6 nitrogen and oxygen atoms in total. The Bertz CT molecular complexity index is 264. The van der Waals surface area contributed by atoms with Gasteiger partial charge in [-0.25, -0.2) is 0 Å². The Kier molecular flexibility index (Phi) is 5.04. The van der Waals surface area contributed by atoms with Gasteiger partial charge in [0, 0.05) is 18.5 Å². The van der Waals surface area contributed by atoms with E-state index in [4.69, 9.17) is 10.9 Å². The van der Waals surface area contributed by atoms with Crippen molar-refractivity contribution >= 4 is 11.7 Å². The lowest BCUT2D eigenvalue weighted by molar-refractivity contribution is -0.120. The van der Waals surface area contributed by atoms with Gasteiger partial charge in [0.1, 0.15) is 5.84 Å². The van der Waals surface area contributed by atoms with Crippen molar-refractivity contribution in [3.05, 3.63) is 0 Å². The molecule has 0 radical (unpaired) electrons. The molecule has 1 atom stereocenters. The molecule has 1 amide bonds. The Morgan fingerprint density at radius 1 is 1.62 bits per heavy atom. The van der Waals surface area contributed by atoms with Gasteiger partial charge in [-0.2, -0.15) is 0 Å². The quantitative estimate of drug-likeness (QED) is 0.209. The van der Waals surface area contributed by atoms with E-state index in [1.54, 1.807) is 0 Å². The topological polar surface area (TPSA) is 99.7 Å². The largest absolute Gasteiger partial charge is 0.409 e. The first kappa shape index (κ1) is 12.8. The molecule has 0 spiro atoms. The van der Waals surface area contributed by atoms with Gasteiger partial charge in [-0.15, -0.1) is 0 Å². The highest BCUT2D eigenvalue weighted by Crippen LogP contribution is 2.18. The summed E-state index contributed by atoms with van der Waals surface area (Å²) in [5.41, 5.74) is 5.41. The van der Waals surface area contributed by atoms with Crippen LogP contribution in [0.1, 0.15) is 32.6 Å². The van der Waals surface area contributed by atoms with Gasteiger partial charge in [0.15, 0.2) is 0 Å². The van der Waals surface area contributed by atoms with E-state index < -0.39 is 0 Å². The average Bonchev–Trinajstić information content (AvgIpc) is 3.07. The first-order chi connectivity index (χ1) is 7.65. The van der Waals surface area contributed by atoms with Gasteiger partial charge < -0.3 is 21.6 Å². The second-order valence-electron chi connectivity index (χ2n) is 4.12. The number of amidine groups is 1. The minimum absolute atomic E-state index is 0.0143. The monoisotopic (exact) mass is 228 g/mol. The van der Waals surface area contributed by atoms with E-state index in [0.717, 1.165) is 19.3 Å². The summed E-state index contributed by atoms with van der Waals surface area (Å²) in [4.78, 5) is 11.4. The molecule has 1 aliphatic rings. The lowest BCUT2D eigenvalue weighted by atomic mass is 10.1. The van der Waals surface area contributed by atoms with Gasteiger partial charge in [-0.1, -0.05) is 12.1 Å².